The fraction of sp³-hybridized carbons (Fsp3) is 0.763. The van der Waals surface area contributed by atoms with E-state index in [1.807, 2.05) is 38.5 Å². The van der Waals surface area contributed by atoms with Crippen LogP contribution in [0, 0.1) is 97.2 Å². The van der Waals surface area contributed by atoms with Gasteiger partial charge >= 0.3 is 45.2 Å². The first-order valence-electron chi connectivity index (χ1n) is 18.1. The van der Waals surface area contributed by atoms with E-state index in [0.717, 1.165) is 48.3 Å². The van der Waals surface area contributed by atoms with Gasteiger partial charge in [-0.25, -0.2) is 0 Å². The summed E-state index contributed by atoms with van der Waals surface area (Å²) in [5.74, 6) is 7.00. The van der Waals surface area contributed by atoms with Crippen molar-refractivity contribution in [3.63, 3.8) is 0 Å². The third kappa shape index (κ3) is 18.6. The van der Waals surface area contributed by atoms with E-state index in [4.69, 9.17) is 0 Å². The molecule has 5 saturated carbocycles. The second-order valence-corrected chi connectivity index (χ2v) is 18.1. The number of carbonyl (C=O) groups is 1. The Morgan fingerprint density at radius 2 is 1.19 bits per heavy atom. The molecule has 53 heavy (non-hydrogen) atoms. The van der Waals surface area contributed by atoms with Gasteiger partial charge in [0.2, 0.25) is 0 Å². The van der Waals surface area contributed by atoms with Crippen molar-refractivity contribution in [2.24, 2.45) is 46.3 Å². The topological polar surface area (TPSA) is 124 Å². The normalized spacial score (nSPS) is 28.8. The Morgan fingerprint density at radius 3 is 1.60 bits per heavy atom. The fourth-order valence-electron chi connectivity index (χ4n) is 8.87. The van der Waals surface area contributed by atoms with Crippen LogP contribution in [-0.4, -0.2) is 48.4 Å². The number of carbonyl (C=O) groups excluding carboxylic acids is 1. The third-order valence-electron chi connectivity index (χ3n) is 11.4. The van der Waals surface area contributed by atoms with E-state index in [2.05, 4.69) is 68.2 Å². The molecule has 7 atom stereocenters. The summed E-state index contributed by atoms with van der Waals surface area (Å²) < 4.78 is 54.8. The van der Waals surface area contributed by atoms with Crippen LogP contribution in [-0.2, 0) is 82.8 Å². The molecule has 5 rings (SSSR count). The van der Waals surface area contributed by atoms with Crippen molar-refractivity contribution in [2.75, 3.05) is 42.7 Å². The van der Waals surface area contributed by atoms with Gasteiger partial charge in [0.1, 0.15) is 5.78 Å². The zero-order valence-electron chi connectivity index (χ0n) is 33.7. The van der Waals surface area contributed by atoms with E-state index < -0.39 is 24.8 Å². The quantitative estimate of drug-likeness (QED) is 0.146. The van der Waals surface area contributed by atoms with Gasteiger partial charge in [0.15, 0.2) is 0 Å². The van der Waals surface area contributed by atoms with Gasteiger partial charge in [-0.2, -0.15) is 0 Å². The molecule has 10 nitrogen and oxygen atoms in total. The summed E-state index contributed by atoms with van der Waals surface area (Å²) >= 11 is 0. The molecule has 9 radical (unpaired) electrons. The average molecular weight is 941 g/mol. The van der Waals surface area contributed by atoms with Crippen molar-refractivity contribution < 1.29 is 82.8 Å². The first kappa shape index (κ1) is 56.0. The van der Waals surface area contributed by atoms with Crippen LogP contribution < -0.4 is 0 Å². The SMILES string of the molecule is CC(C)CCC[C@@H](C)[C@H]1CC[C@H]2[C@@H]3C[CH][C]4[CH]C(=O)CC[C@]4(C)[C@H]3CC[C@]12C.CO[P+](=O)OC.CO[P+](=O)OC.CO[P+](=O)OC.[CH]1[CH][CH][CH][CH]1.[Co].[Pd+2]. The van der Waals surface area contributed by atoms with E-state index >= 15 is 0 Å². The Labute approximate surface area is 350 Å². The molecule has 0 amide bonds. The van der Waals surface area contributed by atoms with E-state index in [1.165, 1.54) is 99.9 Å². The van der Waals surface area contributed by atoms with Crippen LogP contribution in [0.1, 0.15) is 98.8 Å². The van der Waals surface area contributed by atoms with Crippen molar-refractivity contribution in [1.29, 1.82) is 0 Å². The molecule has 15 heteroatoms. The zero-order chi connectivity index (χ0) is 38.6. The molecule has 0 aromatic heterocycles. The Kier molecular flexibility index (Phi) is 31.7. The summed E-state index contributed by atoms with van der Waals surface area (Å²) in [6.45, 7) is 12.4. The summed E-state index contributed by atoms with van der Waals surface area (Å²) in [5, 5.41) is 0. The molecule has 0 saturated heterocycles. The summed E-state index contributed by atoms with van der Waals surface area (Å²) in [7, 11) is 2.45. The first-order chi connectivity index (χ1) is 24.2. The van der Waals surface area contributed by atoms with Gasteiger partial charge in [-0.1, -0.05) is 53.9 Å². The maximum absolute atomic E-state index is 12.0. The van der Waals surface area contributed by atoms with Crippen molar-refractivity contribution in [2.45, 2.75) is 98.8 Å². The van der Waals surface area contributed by atoms with Gasteiger partial charge in [0.05, 0.1) is 42.7 Å². The number of rotatable bonds is 11. The monoisotopic (exact) mass is 940 g/mol. The minimum atomic E-state index is -1.83. The largest absolute Gasteiger partial charge is 2.00 e. The maximum atomic E-state index is 12.0. The van der Waals surface area contributed by atoms with Crippen LogP contribution in [0.3, 0.4) is 0 Å². The predicted molar refractivity (Wildman–Crippen MR) is 204 cm³/mol. The van der Waals surface area contributed by atoms with Crippen LogP contribution >= 0.6 is 24.8 Å². The molecular weight excluding hydrogens is 875 g/mol. The van der Waals surface area contributed by atoms with Gasteiger partial charge in [-0.3, -0.25) is 4.79 Å². The van der Waals surface area contributed by atoms with Crippen LogP contribution in [0.2, 0.25) is 0 Å². The standard InChI is InChI=1S/C27H43O.C5H5.3C2H6O3P.Co.Pd/c1-18(2)7-6-8-19(3)23-11-12-24-22-10-9-20-17-21(28)13-15-26(20,4)25(22)14-16-27(23,24)5;1-2-4-5-3-1;3*1-4-6(3)5-2;;/h9,17-19,22-25H,6-8,10-16H2,1-5H3;1-5H;3*1-2H3;;/q;;3*+1;;+2/t19-,22+,23-,24+,25+,26+,27-;;;;;;/m1....../s1. The van der Waals surface area contributed by atoms with Crippen molar-refractivity contribution in [3.8, 4) is 0 Å². The molecular formula is C38H66CoO10P3Pd+5. The predicted octanol–water partition coefficient (Wildman–Crippen LogP) is 11.1. The van der Waals surface area contributed by atoms with Crippen molar-refractivity contribution in [1.82, 2.24) is 0 Å². The van der Waals surface area contributed by atoms with Crippen molar-refractivity contribution in [3.05, 3.63) is 50.9 Å². The minimum Gasteiger partial charge on any atom is -0.299 e. The molecule has 307 valence electrons. The number of hydrogen-bond donors (Lipinski definition) is 0. The molecule has 0 aromatic rings. The van der Waals surface area contributed by atoms with Gasteiger partial charge in [-0.05, 0) is 129 Å². The molecule has 5 aliphatic rings. The van der Waals surface area contributed by atoms with Gasteiger partial charge in [-0.15, -0.1) is 27.1 Å². The van der Waals surface area contributed by atoms with E-state index in [1.54, 1.807) is 0 Å². The molecule has 0 heterocycles. The first-order valence-corrected chi connectivity index (χ1v) is 21.4. The molecule has 0 unspecified atom stereocenters. The van der Waals surface area contributed by atoms with E-state index in [-0.39, 0.29) is 42.6 Å². The third-order valence-corrected chi connectivity index (χ3v) is 13.2. The number of fused-ring (bicyclic) bond motifs is 5. The summed E-state index contributed by atoms with van der Waals surface area (Å²) in [4.78, 5) is 12.0. The van der Waals surface area contributed by atoms with Gasteiger partial charge < -0.3 is 0 Å². The van der Waals surface area contributed by atoms with Crippen LogP contribution in [0.4, 0.5) is 0 Å². The second-order valence-electron chi connectivity index (χ2n) is 14.6. The average Bonchev–Trinajstić information content (AvgIpc) is 3.83. The van der Waals surface area contributed by atoms with Gasteiger partial charge in [0, 0.05) is 43.3 Å². The summed E-state index contributed by atoms with van der Waals surface area (Å²) in [6, 6.07) is 0. The summed E-state index contributed by atoms with van der Waals surface area (Å²) in [5.41, 5.74) is 0.841. The van der Waals surface area contributed by atoms with Crippen LogP contribution in [0.5, 0.6) is 0 Å². The Hall–Kier alpha value is 0.899. The zero-order valence-corrected chi connectivity index (χ0v) is 38.9. The molecule has 0 spiro atoms. The Bertz CT molecular complexity index is 992. The second kappa shape index (κ2) is 30.0. The van der Waals surface area contributed by atoms with E-state index in [0.29, 0.717) is 11.2 Å². The molecule has 0 aromatic carbocycles. The number of ketones is 1. The Balaban J connectivity index is 0. The molecule has 0 bridgehead atoms. The molecule has 5 fully saturated rings. The number of hydrogen-bond acceptors (Lipinski definition) is 10. The van der Waals surface area contributed by atoms with Crippen LogP contribution in [0.15, 0.2) is 0 Å². The maximum Gasteiger partial charge on any atom is 2.00 e. The number of Topliss-reactive ketones (excluding diaryl/α,β-unsaturated/α-hetero) is 1. The van der Waals surface area contributed by atoms with Crippen molar-refractivity contribution >= 4 is 30.5 Å². The smallest absolute Gasteiger partial charge is 0.299 e. The molecule has 0 N–H and O–H groups in total. The van der Waals surface area contributed by atoms with Crippen LogP contribution in [0.25, 0.3) is 0 Å². The fourth-order valence-corrected chi connectivity index (χ4v) is 9.32. The molecule has 0 aliphatic heterocycles. The molecule has 5 aliphatic carbocycles. The minimum absolute atomic E-state index is 0. The Morgan fingerprint density at radius 1 is 0.717 bits per heavy atom. The van der Waals surface area contributed by atoms with E-state index in [9.17, 15) is 18.5 Å². The van der Waals surface area contributed by atoms with Gasteiger partial charge in [0.25, 0.3) is 0 Å². The summed E-state index contributed by atoms with van der Waals surface area (Å²) in [6.07, 6.45) is 27.5.